The van der Waals surface area contributed by atoms with Crippen molar-refractivity contribution in [2.45, 2.75) is 13.3 Å². The summed E-state index contributed by atoms with van der Waals surface area (Å²) >= 11 is 0. The first-order valence-corrected chi connectivity index (χ1v) is 6.68. The number of aryl methyl sites for hydroxylation is 1. The van der Waals surface area contributed by atoms with Gasteiger partial charge in [0.05, 0.1) is 18.5 Å². The molecule has 0 amide bonds. The van der Waals surface area contributed by atoms with E-state index in [2.05, 4.69) is 10.3 Å². The van der Waals surface area contributed by atoms with Crippen LogP contribution in [0.4, 0.5) is 5.95 Å². The van der Waals surface area contributed by atoms with Gasteiger partial charge >= 0.3 is 0 Å². The van der Waals surface area contributed by atoms with Crippen molar-refractivity contribution >= 4 is 5.95 Å². The van der Waals surface area contributed by atoms with Gasteiger partial charge < -0.3 is 14.8 Å². The summed E-state index contributed by atoms with van der Waals surface area (Å²) in [7, 11) is 3.38. The number of benzene rings is 1. The maximum Gasteiger partial charge on any atom is 0.207 e. The van der Waals surface area contributed by atoms with E-state index in [9.17, 15) is 0 Å². The van der Waals surface area contributed by atoms with Crippen LogP contribution in [-0.2, 0) is 4.74 Å². The van der Waals surface area contributed by atoms with Gasteiger partial charge in [0.15, 0.2) is 0 Å². The molecule has 0 saturated heterocycles. The fourth-order valence-corrected chi connectivity index (χ4v) is 2.05. The SMILES string of the molecule is COCCCNc1nc(C)cn1-c1ccccc1OC. The highest BCUT2D eigenvalue weighted by molar-refractivity contribution is 5.52. The predicted octanol–water partition coefficient (Wildman–Crippen LogP) is 2.64. The van der Waals surface area contributed by atoms with E-state index in [0.29, 0.717) is 0 Å². The van der Waals surface area contributed by atoms with E-state index in [-0.39, 0.29) is 0 Å². The number of hydrogen-bond donors (Lipinski definition) is 1. The van der Waals surface area contributed by atoms with Crippen LogP contribution in [0.3, 0.4) is 0 Å². The van der Waals surface area contributed by atoms with Gasteiger partial charge in [0.1, 0.15) is 5.75 Å². The van der Waals surface area contributed by atoms with E-state index in [4.69, 9.17) is 9.47 Å². The van der Waals surface area contributed by atoms with Gasteiger partial charge in [-0.1, -0.05) is 12.1 Å². The van der Waals surface area contributed by atoms with E-state index >= 15 is 0 Å². The second kappa shape index (κ2) is 6.96. The van der Waals surface area contributed by atoms with Gasteiger partial charge in [-0.25, -0.2) is 4.98 Å². The summed E-state index contributed by atoms with van der Waals surface area (Å²) in [4.78, 5) is 4.52. The fourth-order valence-electron chi connectivity index (χ4n) is 2.05. The van der Waals surface area contributed by atoms with Crippen molar-refractivity contribution in [2.24, 2.45) is 0 Å². The third-order valence-electron chi connectivity index (χ3n) is 2.98. The minimum Gasteiger partial charge on any atom is -0.495 e. The Hall–Kier alpha value is -2.01. The number of rotatable bonds is 7. The van der Waals surface area contributed by atoms with Crippen molar-refractivity contribution in [2.75, 3.05) is 32.7 Å². The monoisotopic (exact) mass is 275 g/mol. The minimum absolute atomic E-state index is 0.737. The molecule has 1 N–H and O–H groups in total. The van der Waals surface area contributed by atoms with E-state index in [0.717, 1.165) is 42.7 Å². The zero-order valence-corrected chi connectivity index (χ0v) is 12.2. The molecule has 1 aromatic carbocycles. The number of aromatic nitrogens is 2. The van der Waals surface area contributed by atoms with Gasteiger partial charge in [-0.3, -0.25) is 4.57 Å². The van der Waals surface area contributed by atoms with Gasteiger partial charge in [-0.05, 0) is 25.5 Å². The Morgan fingerprint density at radius 1 is 1.25 bits per heavy atom. The number of anilines is 1. The van der Waals surface area contributed by atoms with E-state index < -0.39 is 0 Å². The molecular weight excluding hydrogens is 254 g/mol. The van der Waals surface area contributed by atoms with Gasteiger partial charge in [0.2, 0.25) is 5.95 Å². The van der Waals surface area contributed by atoms with Crippen molar-refractivity contribution in [1.82, 2.24) is 9.55 Å². The standard InChI is InChI=1S/C15H21N3O2/c1-12-11-18(13-7-4-5-8-14(13)20-3)15(17-12)16-9-6-10-19-2/h4-5,7-8,11H,6,9-10H2,1-3H3,(H,16,17). The van der Waals surface area contributed by atoms with Gasteiger partial charge in [-0.15, -0.1) is 0 Å². The average molecular weight is 275 g/mol. The first-order valence-electron chi connectivity index (χ1n) is 6.68. The largest absolute Gasteiger partial charge is 0.495 e. The average Bonchev–Trinajstić information content (AvgIpc) is 2.84. The molecule has 0 fully saturated rings. The highest BCUT2D eigenvalue weighted by atomic mass is 16.5. The quantitative estimate of drug-likeness (QED) is 0.789. The Morgan fingerprint density at radius 2 is 2.05 bits per heavy atom. The van der Waals surface area contributed by atoms with Crippen molar-refractivity contribution in [3.63, 3.8) is 0 Å². The molecule has 0 radical (unpaired) electrons. The Balaban J connectivity index is 2.22. The number of nitrogens with zero attached hydrogens (tertiary/aromatic N) is 2. The summed E-state index contributed by atoms with van der Waals surface area (Å²) in [5.74, 6) is 1.65. The topological polar surface area (TPSA) is 48.3 Å². The molecule has 2 aromatic rings. The van der Waals surface area contributed by atoms with Crippen LogP contribution in [0.25, 0.3) is 5.69 Å². The molecule has 0 bridgehead atoms. The molecule has 0 atom stereocenters. The van der Waals surface area contributed by atoms with Gasteiger partial charge in [-0.2, -0.15) is 0 Å². The smallest absolute Gasteiger partial charge is 0.207 e. The Kier molecular flexibility index (Phi) is 5.01. The zero-order valence-electron chi connectivity index (χ0n) is 12.2. The lowest BCUT2D eigenvalue weighted by Gasteiger charge is -2.12. The predicted molar refractivity (Wildman–Crippen MR) is 79.8 cm³/mol. The number of para-hydroxylation sites is 2. The minimum atomic E-state index is 0.737. The van der Waals surface area contributed by atoms with Crippen LogP contribution in [-0.4, -0.2) is 36.9 Å². The van der Waals surface area contributed by atoms with Crippen molar-refractivity contribution < 1.29 is 9.47 Å². The molecule has 108 valence electrons. The summed E-state index contributed by atoms with van der Waals surface area (Å²) in [5, 5.41) is 3.33. The summed E-state index contributed by atoms with van der Waals surface area (Å²) in [5.41, 5.74) is 1.94. The second-order valence-electron chi connectivity index (χ2n) is 4.52. The third kappa shape index (κ3) is 3.30. The molecule has 2 rings (SSSR count). The molecule has 0 unspecified atom stereocenters. The Labute approximate surface area is 119 Å². The van der Waals surface area contributed by atoms with Crippen LogP contribution in [0, 0.1) is 6.92 Å². The van der Waals surface area contributed by atoms with Crippen LogP contribution in [0.2, 0.25) is 0 Å². The highest BCUT2D eigenvalue weighted by Gasteiger charge is 2.10. The van der Waals surface area contributed by atoms with Crippen molar-refractivity contribution in [1.29, 1.82) is 0 Å². The normalized spacial score (nSPS) is 10.6. The number of hydrogen-bond acceptors (Lipinski definition) is 4. The summed E-state index contributed by atoms with van der Waals surface area (Å²) < 4.78 is 12.5. The number of methoxy groups -OCH3 is 2. The number of imidazole rings is 1. The first kappa shape index (κ1) is 14.4. The molecule has 5 nitrogen and oxygen atoms in total. The fraction of sp³-hybridized carbons (Fsp3) is 0.400. The summed E-state index contributed by atoms with van der Waals surface area (Å²) in [6.07, 6.45) is 2.94. The van der Waals surface area contributed by atoms with E-state index in [1.807, 2.05) is 42.0 Å². The van der Waals surface area contributed by atoms with E-state index in [1.165, 1.54) is 0 Å². The molecule has 0 aliphatic heterocycles. The van der Waals surface area contributed by atoms with Gasteiger partial charge in [0, 0.05) is 26.5 Å². The van der Waals surface area contributed by atoms with Crippen molar-refractivity contribution in [3.8, 4) is 11.4 Å². The first-order chi connectivity index (χ1) is 9.76. The molecule has 5 heteroatoms. The zero-order chi connectivity index (χ0) is 14.4. The summed E-state index contributed by atoms with van der Waals surface area (Å²) in [6, 6.07) is 7.90. The molecule has 20 heavy (non-hydrogen) atoms. The highest BCUT2D eigenvalue weighted by Crippen LogP contribution is 2.25. The van der Waals surface area contributed by atoms with E-state index in [1.54, 1.807) is 14.2 Å². The van der Waals surface area contributed by atoms with Crippen LogP contribution in [0.5, 0.6) is 5.75 Å². The van der Waals surface area contributed by atoms with Crippen LogP contribution in [0.15, 0.2) is 30.5 Å². The molecule has 0 aliphatic carbocycles. The molecule has 1 heterocycles. The van der Waals surface area contributed by atoms with Crippen LogP contribution < -0.4 is 10.1 Å². The Bertz CT molecular complexity index is 552. The molecule has 0 spiro atoms. The lowest BCUT2D eigenvalue weighted by atomic mass is 10.3. The van der Waals surface area contributed by atoms with Crippen LogP contribution >= 0.6 is 0 Å². The molecular formula is C15H21N3O2. The molecule has 0 aliphatic rings. The van der Waals surface area contributed by atoms with Crippen molar-refractivity contribution in [3.05, 3.63) is 36.2 Å². The molecule has 0 saturated carbocycles. The number of ether oxygens (including phenoxy) is 2. The van der Waals surface area contributed by atoms with Crippen LogP contribution in [0.1, 0.15) is 12.1 Å². The maximum absolute atomic E-state index is 5.41. The lowest BCUT2D eigenvalue weighted by molar-refractivity contribution is 0.197. The molecule has 1 aromatic heterocycles. The van der Waals surface area contributed by atoms with Gasteiger partial charge in [0.25, 0.3) is 0 Å². The summed E-state index contributed by atoms with van der Waals surface area (Å²) in [6.45, 7) is 3.53. The number of nitrogens with one attached hydrogen (secondary N) is 1. The maximum atomic E-state index is 5.41. The Morgan fingerprint density at radius 3 is 2.80 bits per heavy atom. The third-order valence-corrected chi connectivity index (χ3v) is 2.98. The lowest BCUT2D eigenvalue weighted by Crippen LogP contribution is -2.09. The second-order valence-corrected chi connectivity index (χ2v) is 4.52.